The Kier molecular flexibility index (Phi) is 29.9. The molecule has 1 aliphatic rings. The minimum atomic E-state index is -0.131. The zero-order valence-electron chi connectivity index (χ0n) is 26.0. The van der Waals surface area contributed by atoms with Gasteiger partial charge in [-0.05, 0) is 25.7 Å². The van der Waals surface area contributed by atoms with Gasteiger partial charge in [0, 0.05) is 13.0 Å². The first-order chi connectivity index (χ1) is 20.3. The van der Waals surface area contributed by atoms with Crippen molar-refractivity contribution in [2.75, 3.05) is 99.1 Å². The Hall–Kier alpha value is -0.850. The Morgan fingerprint density at radius 1 is 0.561 bits per heavy atom. The second kappa shape index (κ2) is 32.1. The van der Waals surface area contributed by atoms with Crippen LogP contribution in [0.5, 0.6) is 0 Å². The summed E-state index contributed by atoms with van der Waals surface area (Å²) in [5.74, 6) is -0.131. The van der Waals surface area contributed by atoms with Gasteiger partial charge in [0.25, 0.3) is 0 Å². The molecule has 0 radical (unpaired) electrons. The predicted octanol–water partition coefficient (Wildman–Crippen LogP) is 5.09. The molecule has 0 aromatic carbocycles. The van der Waals surface area contributed by atoms with E-state index >= 15 is 0 Å². The van der Waals surface area contributed by atoms with Gasteiger partial charge >= 0.3 is 5.97 Å². The molecule has 1 aliphatic heterocycles. The van der Waals surface area contributed by atoms with Crippen molar-refractivity contribution in [1.82, 2.24) is 0 Å². The lowest BCUT2D eigenvalue weighted by Gasteiger charge is -2.22. The van der Waals surface area contributed by atoms with Gasteiger partial charge in [-0.2, -0.15) is 0 Å². The normalized spacial score (nSPS) is 15.4. The quantitative estimate of drug-likeness (QED) is 0.0775. The molecule has 0 saturated carbocycles. The molecule has 1 heterocycles. The van der Waals surface area contributed by atoms with Gasteiger partial charge in [-0.25, -0.2) is 0 Å². The third-order valence-corrected chi connectivity index (χ3v) is 6.50. The van der Waals surface area contributed by atoms with E-state index in [-0.39, 0.29) is 12.3 Å². The highest BCUT2D eigenvalue weighted by molar-refractivity contribution is 5.69. The molecule has 0 aromatic heterocycles. The summed E-state index contributed by atoms with van der Waals surface area (Å²) < 4.78 is 49.1. The molecule has 0 amide bonds. The number of carbonyl (C=O) groups is 1. The smallest absolute Gasteiger partial charge is 0.305 e. The fraction of sp³-hybridized carbons (Fsp3) is 0.968. The molecule has 0 spiro atoms. The van der Waals surface area contributed by atoms with Crippen molar-refractivity contribution in [3.63, 3.8) is 0 Å². The van der Waals surface area contributed by atoms with E-state index < -0.39 is 0 Å². The number of hydrogen-bond donors (Lipinski definition) is 0. The second-order valence-corrected chi connectivity index (χ2v) is 10.1. The molecular formula is C31H60O10. The van der Waals surface area contributed by atoms with Crippen LogP contribution in [0, 0.1) is 0 Å². The molecular weight excluding hydrogens is 532 g/mol. The summed E-state index contributed by atoms with van der Waals surface area (Å²) in [6, 6.07) is 0. The number of esters is 1. The second-order valence-electron chi connectivity index (χ2n) is 10.1. The number of hydrogen-bond acceptors (Lipinski definition) is 10. The minimum Gasteiger partial charge on any atom is -0.463 e. The third kappa shape index (κ3) is 29.0. The van der Waals surface area contributed by atoms with Crippen LogP contribution in [-0.4, -0.2) is 111 Å². The number of rotatable bonds is 32. The average Bonchev–Trinajstić information content (AvgIpc) is 2.99. The SMILES string of the molecule is CCCCCCCCCCCC(=O)OCCOCCOCCOCCOCCOCCOCCOC1CCCCO1. The lowest BCUT2D eigenvalue weighted by atomic mass is 10.1. The van der Waals surface area contributed by atoms with Gasteiger partial charge < -0.3 is 42.6 Å². The van der Waals surface area contributed by atoms with E-state index in [1.807, 2.05) is 0 Å². The number of unbranched alkanes of at least 4 members (excludes halogenated alkanes) is 8. The highest BCUT2D eigenvalue weighted by atomic mass is 16.7. The van der Waals surface area contributed by atoms with Crippen LogP contribution in [0.1, 0.15) is 90.4 Å². The van der Waals surface area contributed by atoms with E-state index in [0.717, 1.165) is 32.3 Å². The van der Waals surface area contributed by atoms with Gasteiger partial charge in [0.05, 0.1) is 85.9 Å². The van der Waals surface area contributed by atoms with Gasteiger partial charge in [0.1, 0.15) is 6.61 Å². The van der Waals surface area contributed by atoms with Gasteiger partial charge in [-0.15, -0.1) is 0 Å². The van der Waals surface area contributed by atoms with E-state index in [1.54, 1.807) is 0 Å². The van der Waals surface area contributed by atoms with Gasteiger partial charge in [0.15, 0.2) is 6.29 Å². The van der Waals surface area contributed by atoms with Crippen molar-refractivity contribution in [2.45, 2.75) is 96.7 Å². The average molecular weight is 593 g/mol. The first kappa shape index (κ1) is 38.2. The highest BCUT2D eigenvalue weighted by Gasteiger charge is 2.13. The maximum Gasteiger partial charge on any atom is 0.305 e. The Labute approximate surface area is 249 Å². The fourth-order valence-corrected chi connectivity index (χ4v) is 4.15. The van der Waals surface area contributed by atoms with E-state index in [9.17, 15) is 4.79 Å². The molecule has 1 saturated heterocycles. The van der Waals surface area contributed by atoms with Crippen LogP contribution in [0.3, 0.4) is 0 Å². The molecule has 10 heteroatoms. The van der Waals surface area contributed by atoms with Crippen molar-refractivity contribution in [1.29, 1.82) is 0 Å². The monoisotopic (exact) mass is 592 g/mol. The van der Waals surface area contributed by atoms with Crippen LogP contribution < -0.4 is 0 Å². The lowest BCUT2D eigenvalue weighted by Crippen LogP contribution is -2.24. The Morgan fingerprint density at radius 2 is 1.00 bits per heavy atom. The maximum absolute atomic E-state index is 11.7. The van der Waals surface area contributed by atoms with Gasteiger partial charge in [0.2, 0.25) is 0 Å². The summed E-state index contributed by atoms with van der Waals surface area (Å²) in [5.41, 5.74) is 0. The zero-order chi connectivity index (χ0) is 29.3. The molecule has 1 atom stereocenters. The molecule has 41 heavy (non-hydrogen) atoms. The third-order valence-electron chi connectivity index (χ3n) is 6.50. The molecule has 0 aromatic rings. The Balaban J connectivity index is 1.65. The van der Waals surface area contributed by atoms with Crippen LogP contribution >= 0.6 is 0 Å². The first-order valence-corrected chi connectivity index (χ1v) is 16.2. The summed E-state index contributed by atoms with van der Waals surface area (Å²) in [5, 5.41) is 0. The Morgan fingerprint density at radius 3 is 1.46 bits per heavy atom. The zero-order valence-corrected chi connectivity index (χ0v) is 26.0. The summed E-state index contributed by atoms with van der Waals surface area (Å²) in [4.78, 5) is 11.7. The van der Waals surface area contributed by atoms with Crippen LogP contribution in [0.2, 0.25) is 0 Å². The summed E-state index contributed by atoms with van der Waals surface area (Å²) in [7, 11) is 0. The number of carbonyl (C=O) groups excluding carboxylic acids is 1. The van der Waals surface area contributed by atoms with Crippen molar-refractivity contribution in [2.24, 2.45) is 0 Å². The molecule has 1 fully saturated rings. The molecule has 10 nitrogen and oxygen atoms in total. The molecule has 0 N–H and O–H groups in total. The van der Waals surface area contributed by atoms with Gasteiger partial charge in [-0.3, -0.25) is 4.79 Å². The Bertz CT molecular complexity index is 531. The van der Waals surface area contributed by atoms with Crippen LogP contribution in [0.25, 0.3) is 0 Å². The summed E-state index contributed by atoms with van der Waals surface area (Å²) in [6.07, 6.45) is 14.8. The van der Waals surface area contributed by atoms with Crippen molar-refractivity contribution >= 4 is 5.97 Å². The van der Waals surface area contributed by atoms with E-state index in [2.05, 4.69) is 6.92 Å². The van der Waals surface area contributed by atoms with Crippen molar-refractivity contribution < 1.29 is 47.4 Å². The highest BCUT2D eigenvalue weighted by Crippen LogP contribution is 2.13. The molecule has 0 bridgehead atoms. The molecule has 1 unspecified atom stereocenters. The molecule has 0 aliphatic carbocycles. The van der Waals surface area contributed by atoms with Crippen molar-refractivity contribution in [3.05, 3.63) is 0 Å². The fourth-order valence-electron chi connectivity index (χ4n) is 4.15. The minimum absolute atomic E-state index is 0.0637. The lowest BCUT2D eigenvalue weighted by molar-refractivity contribution is -0.169. The van der Waals surface area contributed by atoms with Crippen molar-refractivity contribution in [3.8, 4) is 0 Å². The maximum atomic E-state index is 11.7. The van der Waals surface area contributed by atoms with E-state index in [4.69, 9.17) is 42.6 Å². The number of ether oxygens (including phenoxy) is 9. The van der Waals surface area contributed by atoms with Crippen LogP contribution in [0.15, 0.2) is 0 Å². The molecule has 1 rings (SSSR count). The molecule has 244 valence electrons. The topological polar surface area (TPSA) is 100 Å². The summed E-state index contributed by atoms with van der Waals surface area (Å²) in [6.45, 7) is 9.91. The predicted molar refractivity (Wildman–Crippen MR) is 157 cm³/mol. The standard InChI is InChI=1S/C31H60O10/c1-2-3-4-5-6-7-8-9-10-13-30(32)39-28-26-37-24-22-35-20-18-33-16-17-34-19-21-36-23-25-38-27-29-41-31-14-11-12-15-40-31/h31H,2-29H2,1H3. The van der Waals surface area contributed by atoms with Crippen LogP contribution in [0.4, 0.5) is 0 Å². The van der Waals surface area contributed by atoms with Gasteiger partial charge in [-0.1, -0.05) is 58.3 Å². The van der Waals surface area contributed by atoms with Crippen LogP contribution in [-0.2, 0) is 47.4 Å². The van der Waals surface area contributed by atoms with E-state index in [0.29, 0.717) is 98.9 Å². The summed E-state index contributed by atoms with van der Waals surface area (Å²) >= 11 is 0. The first-order valence-electron chi connectivity index (χ1n) is 16.2. The van der Waals surface area contributed by atoms with E-state index in [1.165, 1.54) is 51.4 Å². The largest absolute Gasteiger partial charge is 0.463 e.